The van der Waals surface area contributed by atoms with Crippen LogP contribution in [0.15, 0.2) is 28.7 Å². The van der Waals surface area contributed by atoms with Gasteiger partial charge in [-0.1, -0.05) is 11.6 Å². The van der Waals surface area contributed by atoms with Crippen LogP contribution in [0.1, 0.15) is 16.5 Å². The third-order valence-corrected chi connectivity index (χ3v) is 4.70. The SMILES string of the molecule is OC(Cc1ccc(Cl)s1)c1cc(Br)c2c(c1)OCO2. The Labute approximate surface area is 127 Å². The first-order valence-electron chi connectivity index (χ1n) is 5.65. The molecular formula is C13H10BrClO3S. The van der Waals surface area contributed by atoms with E-state index in [2.05, 4.69) is 15.9 Å². The summed E-state index contributed by atoms with van der Waals surface area (Å²) in [5, 5.41) is 10.3. The molecule has 0 radical (unpaired) electrons. The van der Waals surface area contributed by atoms with Gasteiger partial charge in [-0.15, -0.1) is 11.3 Å². The van der Waals surface area contributed by atoms with Crippen LogP contribution in [0.3, 0.4) is 0 Å². The summed E-state index contributed by atoms with van der Waals surface area (Å²) in [6.07, 6.45) is -0.0655. The number of ether oxygens (including phenoxy) is 2. The molecule has 1 aliphatic rings. The van der Waals surface area contributed by atoms with Crippen molar-refractivity contribution in [3.63, 3.8) is 0 Å². The van der Waals surface area contributed by atoms with E-state index in [9.17, 15) is 5.11 Å². The minimum absolute atomic E-state index is 0.216. The summed E-state index contributed by atoms with van der Waals surface area (Å²) in [5.74, 6) is 1.35. The normalized spacial score (nSPS) is 14.7. The summed E-state index contributed by atoms with van der Waals surface area (Å²) < 4.78 is 12.2. The van der Waals surface area contributed by atoms with E-state index in [1.807, 2.05) is 24.3 Å². The smallest absolute Gasteiger partial charge is 0.231 e. The van der Waals surface area contributed by atoms with Crippen LogP contribution in [0, 0.1) is 0 Å². The third kappa shape index (κ3) is 2.74. The first-order valence-corrected chi connectivity index (χ1v) is 7.63. The molecule has 0 saturated carbocycles. The molecule has 1 aliphatic heterocycles. The van der Waals surface area contributed by atoms with E-state index >= 15 is 0 Å². The maximum Gasteiger partial charge on any atom is 0.231 e. The fraction of sp³-hybridized carbons (Fsp3) is 0.231. The molecule has 1 N–H and O–H groups in total. The minimum Gasteiger partial charge on any atom is -0.454 e. The van der Waals surface area contributed by atoms with Crippen LogP contribution in [0.2, 0.25) is 4.34 Å². The van der Waals surface area contributed by atoms with E-state index in [-0.39, 0.29) is 6.79 Å². The van der Waals surface area contributed by atoms with E-state index < -0.39 is 6.10 Å². The lowest BCUT2D eigenvalue weighted by Crippen LogP contribution is -2.00. The molecule has 1 aromatic heterocycles. The van der Waals surface area contributed by atoms with Crippen molar-refractivity contribution >= 4 is 38.9 Å². The highest BCUT2D eigenvalue weighted by molar-refractivity contribution is 9.10. The Bertz CT molecular complexity index is 614. The van der Waals surface area contributed by atoms with Gasteiger partial charge in [0.2, 0.25) is 6.79 Å². The molecule has 1 unspecified atom stereocenters. The van der Waals surface area contributed by atoms with Gasteiger partial charge in [0.05, 0.1) is 14.9 Å². The van der Waals surface area contributed by atoms with Crippen molar-refractivity contribution in [1.29, 1.82) is 0 Å². The van der Waals surface area contributed by atoms with Crippen molar-refractivity contribution in [3.05, 3.63) is 43.5 Å². The Morgan fingerprint density at radius 3 is 2.95 bits per heavy atom. The second kappa shape index (κ2) is 5.32. The third-order valence-electron chi connectivity index (χ3n) is 2.86. The molecule has 1 aromatic carbocycles. The maximum atomic E-state index is 10.3. The first-order chi connectivity index (χ1) is 9.13. The summed E-state index contributed by atoms with van der Waals surface area (Å²) in [7, 11) is 0. The van der Waals surface area contributed by atoms with Gasteiger partial charge in [-0.25, -0.2) is 0 Å². The van der Waals surface area contributed by atoms with Gasteiger partial charge in [-0.2, -0.15) is 0 Å². The Hall–Kier alpha value is -0.750. The summed E-state index contributed by atoms with van der Waals surface area (Å²) in [5.41, 5.74) is 0.792. The fourth-order valence-electron chi connectivity index (χ4n) is 1.95. The van der Waals surface area contributed by atoms with Gasteiger partial charge in [0.1, 0.15) is 0 Å². The fourth-order valence-corrected chi connectivity index (χ4v) is 3.65. The van der Waals surface area contributed by atoms with Gasteiger partial charge in [0.15, 0.2) is 11.5 Å². The van der Waals surface area contributed by atoms with Crippen molar-refractivity contribution in [1.82, 2.24) is 0 Å². The molecule has 6 heteroatoms. The molecule has 0 spiro atoms. The molecular weight excluding hydrogens is 352 g/mol. The van der Waals surface area contributed by atoms with E-state index in [1.54, 1.807) is 0 Å². The maximum absolute atomic E-state index is 10.3. The highest BCUT2D eigenvalue weighted by Gasteiger charge is 2.21. The predicted octanol–water partition coefficient (Wildman–Crippen LogP) is 4.17. The van der Waals surface area contributed by atoms with E-state index in [0.29, 0.717) is 17.9 Å². The quantitative estimate of drug-likeness (QED) is 0.892. The molecule has 2 heterocycles. The van der Waals surface area contributed by atoms with Crippen LogP contribution in [0.25, 0.3) is 0 Å². The van der Waals surface area contributed by atoms with Gasteiger partial charge >= 0.3 is 0 Å². The number of halogens is 2. The Morgan fingerprint density at radius 1 is 1.37 bits per heavy atom. The van der Waals surface area contributed by atoms with Crippen molar-refractivity contribution < 1.29 is 14.6 Å². The Kier molecular flexibility index (Phi) is 3.71. The Balaban J connectivity index is 1.84. The number of rotatable bonds is 3. The summed E-state index contributed by atoms with van der Waals surface area (Å²) in [4.78, 5) is 1.05. The van der Waals surface area contributed by atoms with Gasteiger partial charge in [0.25, 0.3) is 0 Å². The predicted molar refractivity (Wildman–Crippen MR) is 78.3 cm³/mol. The van der Waals surface area contributed by atoms with Gasteiger partial charge in [-0.3, -0.25) is 0 Å². The summed E-state index contributed by atoms with van der Waals surface area (Å²) in [6.45, 7) is 0.216. The standard InChI is InChI=1S/C13H10BrClO3S/c14-9-3-7(4-11-13(9)18-6-17-11)10(16)5-8-1-2-12(15)19-8/h1-4,10,16H,5-6H2. The van der Waals surface area contributed by atoms with Gasteiger partial charge in [-0.05, 0) is 45.8 Å². The second-order valence-electron chi connectivity index (χ2n) is 4.16. The monoisotopic (exact) mass is 360 g/mol. The largest absolute Gasteiger partial charge is 0.454 e. The van der Waals surface area contributed by atoms with Gasteiger partial charge < -0.3 is 14.6 Å². The average molecular weight is 362 g/mol. The molecule has 1 atom stereocenters. The second-order valence-corrected chi connectivity index (χ2v) is 6.82. The molecule has 0 amide bonds. The van der Waals surface area contributed by atoms with Crippen LogP contribution in [-0.2, 0) is 6.42 Å². The summed E-state index contributed by atoms with van der Waals surface area (Å²) in [6, 6.07) is 7.43. The van der Waals surface area contributed by atoms with Crippen LogP contribution in [0.4, 0.5) is 0 Å². The van der Waals surface area contributed by atoms with Crippen molar-refractivity contribution in [2.45, 2.75) is 12.5 Å². The Morgan fingerprint density at radius 2 is 2.21 bits per heavy atom. The molecule has 0 aliphatic carbocycles. The summed E-state index contributed by atoms with van der Waals surface area (Å²) >= 11 is 10.8. The molecule has 0 fully saturated rings. The zero-order valence-corrected chi connectivity index (χ0v) is 12.9. The highest BCUT2D eigenvalue weighted by atomic mass is 79.9. The molecule has 3 rings (SSSR count). The van der Waals surface area contributed by atoms with Crippen LogP contribution >= 0.6 is 38.9 Å². The van der Waals surface area contributed by atoms with E-state index in [0.717, 1.165) is 19.2 Å². The van der Waals surface area contributed by atoms with Crippen LogP contribution in [0.5, 0.6) is 11.5 Å². The zero-order chi connectivity index (χ0) is 13.4. The first kappa shape index (κ1) is 13.2. The zero-order valence-electron chi connectivity index (χ0n) is 9.73. The number of hydrogen-bond acceptors (Lipinski definition) is 4. The lowest BCUT2D eigenvalue weighted by atomic mass is 10.1. The van der Waals surface area contributed by atoms with Crippen LogP contribution in [-0.4, -0.2) is 11.9 Å². The molecule has 19 heavy (non-hydrogen) atoms. The molecule has 2 aromatic rings. The van der Waals surface area contributed by atoms with Crippen molar-refractivity contribution in [2.75, 3.05) is 6.79 Å². The average Bonchev–Trinajstić information content (AvgIpc) is 2.98. The van der Waals surface area contributed by atoms with Crippen molar-refractivity contribution in [3.8, 4) is 11.5 Å². The topological polar surface area (TPSA) is 38.7 Å². The lowest BCUT2D eigenvalue weighted by Gasteiger charge is -2.11. The number of hydrogen-bond donors (Lipinski definition) is 1. The van der Waals surface area contributed by atoms with Crippen molar-refractivity contribution in [2.24, 2.45) is 0 Å². The molecule has 0 bridgehead atoms. The highest BCUT2D eigenvalue weighted by Crippen LogP contribution is 2.41. The molecule has 3 nitrogen and oxygen atoms in total. The number of fused-ring (bicyclic) bond motifs is 1. The number of thiophene rings is 1. The lowest BCUT2D eigenvalue weighted by molar-refractivity contribution is 0.171. The number of aliphatic hydroxyl groups excluding tert-OH is 1. The molecule has 100 valence electrons. The molecule has 0 saturated heterocycles. The van der Waals surface area contributed by atoms with E-state index in [1.165, 1.54) is 11.3 Å². The number of benzene rings is 1. The van der Waals surface area contributed by atoms with Crippen LogP contribution < -0.4 is 9.47 Å². The van der Waals surface area contributed by atoms with E-state index in [4.69, 9.17) is 21.1 Å². The number of aliphatic hydroxyl groups is 1. The van der Waals surface area contributed by atoms with Gasteiger partial charge in [0, 0.05) is 11.3 Å². The minimum atomic E-state index is -0.597.